The van der Waals surface area contributed by atoms with Crippen LogP contribution >= 0.6 is 7.82 Å². The van der Waals surface area contributed by atoms with Gasteiger partial charge in [-0.2, -0.15) is 0 Å². The van der Waals surface area contributed by atoms with Crippen LogP contribution < -0.4 is 5.73 Å². The highest BCUT2D eigenvalue weighted by Gasteiger charge is 2.28. The Hall–Kier alpha value is -2.08. The molecule has 1 aliphatic carbocycles. The van der Waals surface area contributed by atoms with E-state index in [9.17, 15) is 9.36 Å². The number of nitrogens with two attached hydrogens (primary N) is 1. The van der Waals surface area contributed by atoms with E-state index >= 15 is 0 Å². The lowest BCUT2D eigenvalue weighted by atomic mass is 10.1. The summed E-state index contributed by atoms with van der Waals surface area (Å²) in [7, 11) is -4.50. The van der Waals surface area contributed by atoms with E-state index in [1.807, 2.05) is 24.3 Å². The molecule has 0 amide bonds. The van der Waals surface area contributed by atoms with E-state index in [-0.39, 0.29) is 12.4 Å². The van der Waals surface area contributed by atoms with Gasteiger partial charge in [0.1, 0.15) is 17.5 Å². The lowest BCUT2D eigenvalue weighted by Gasteiger charge is -2.07. The summed E-state index contributed by atoms with van der Waals surface area (Å²) in [5, 5.41) is 24.4. The van der Waals surface area contributed by atoms with Crippen LogP contribution in [0.4, 0.5) is 0 Å². The van der Waals surface area contributed by atoms with Crippen molar-refractivity contribution in [3.63, 3.8) is 0 Å². The average molecular weight is 415 g/mol. The molecular weight excluding hydrogens is 393 g/mol. The number of phosphoric acid groups is 1. The summed E-state index contributed by atoms with van der Waals surface area (Å²) in [6, 6.07) is 7.45. The second-order valence-corrected chi connectivity index (χ2v) is 6.50. The van der Waals surface area contributed by atoms with Crippen molar-refractivity contribution >= 4 is 13.6 Å². The van der Waals surface area contributed by atoms with Crippen LogP contribution in [0.15, 0.2) is 36.7 Å². The third kappa shape index (κ3) is 7.50. The fraction of sp³-hybridized carbons (Fsp3) is 0.312. The molecule has 1 aliphatic rings. The predicted molar refractivity (Wildman–Crippen MR) is 98.1 cm³/mol. The molecule has 0 saturated carbocycles. The van der Waals surface area contributed by atoms with Crippen LogP contribution in [0.2, 0.25) is 0 Å². The number of pyridine rings is 2. The quantitative estimate of drug-likeness (QED) is 0.282. The molecule has 0 radical (unpaired) electrons. The zero-order valence-electron chi connectivity index (χ0n) is 14.7. The summed E-state index contributed by atoms with van der Waals surface area (Å²) >= 11 is 0. The van der Waals surface area contributed by atoms with Crippen LogP contribution in [0.3, 0.4) is 0 Å². The van der Waals surface area contributed by atoms with Gasteiger partial charge in [0.25, 0.3) is 0 Å². The number of hydrogen-bond donors (Lipinski definition) is 6. The normalized spacial score (nSPS) is 12.7. The van der Waals surface area contributed by atoms with Crippen molar-refractivity contribution in [1.82, 2.24) is 9.97 Å². The smallest absolute Gasteiger partial charge is 0.395 e. The van der Waals surface area contributed by atoms with Crippen molar-refractivity contribution in [2.75, 3.05) is 26.4 Å². The number of fused-ring (bicyclic) bond motifs is 3. The summed E-state index contributed by atoms with van der Waals surface area (Å²) in [4.78, 5) is 36.0. The summed E-state index contributed by atoms with van der Waals surface area (Å²) in [5.41, 5.74) is 7.59. The first-order valence-corrected chi connectivity index (χ1v) is 9.53. The highest BCUT2D eigenvalue weighted by molar-refractivity contribution is 7.46. The van der Waals surface area contributed by atoms with Crippen LogP contribution in [0, 0.1) is 0 Å². The molecule has 7 N–H and O–H groups in total. The predicted octanol–water partition coefficient (Wildman–Crippen LogP) is -0.926. The average Bonchev–Trinajstić information content (AvgIpc) is 2.99. The number of nitrogens with zero attached hydrogens (tertiary/aromatic N) is 2. The molecule has 0 spiro atoms. The van der Waals surface area contributed by atoms with Gasteiger partial charge in [-0.05, 0) is 12.1 Å². The van der Waals surface area contributed by atoms with E-state index < -0.39 is 27.1 Å². The number of phosphoric ester groups is 1. The zero-order chi connectivity index (χ0) is 21.2. The van der Waals surface area contributed by atoms with Crippen LogP contribution in [0.25, 0.3) is 11.1 Å². The Balaban J connectivity index is 0.000000247. The molecule has 11 nitrogen and oxygen atoms in total. The molecule has 0 aliphatic heterocycles. The maximum absolute atomic E-state index is 11.8. The van der Waals surface area contributed by atoms with Crippen LogP contribution in [0.5, 0.6) is 0 Å². The standard InChI is InChI=1S/C11H6N2O.C3H9O6P.C2H7NO/c14-11-9-7(3-1-5-12-9)8-4-2-6-13-10(8)11;4-1-3(5)2-9-10(6,7)8;3-1-2-4/h1-6H;3-5H,1-2H2,(H2,6,7,8);4H,1-3H2. The molecule has 2 heterocycles. The topological polar surface area (TPSA) is 196 Å². The Bertz CT molecular complexity index is 764. The van der Waals surface area contributed by atoms with Crippen molar-refractivity contribution in [2.45, 2.75) is 6.10 Å². The lowest BCUT2D eigenvalue weighted by molar-refractivity contribution is 0.0419. The summed E-state index contributed by atoms with van der Waals surface area (Å²) in [6.45, 7) is -0.680. The van der Waals surface area contributed by atoms with Gasteiger partial charge < -0.3 is 30.8 Å². The van der Waals surface area contributed by atoms with Crippen molar-refractivity contribution < 1.29 is 39.0 Å². The van der Waals surface area contributed by atoms with Crippen LogP contribution in [-0.4, -0.2) is 73.3 Å². The minimum atomic E-state index is -4.50. The highest BCUT2D eigenvalue weighted by atomic mass is 31.2. The van der Waals surface area contributed by atoms with Gasteiger partial charge in [-0.1, -0.05) is 12.1 Å². The molecule has 0 fully saturated rings. The SMILES string of the molecule is NCCO.O=C1c2ncccc2-c2cccnc21.O=P(O)(O)OCC(O)CO. The number of aromatic nitrogens is 2. The number of hydrogen-bond acceptors (Lipinski definition) is 9. The monoisotopic (exact) mass is 415 g/mol. The van der Waals surface area contributed by atoms with E-state index in [1.54, 1.807) is 12.4 Å². The number of carbonyl (C=O) groups excluding carboxylic acids is 1. The number of aliphatic hydroxyl groups excluding tert-OH is 3. The van der Waals surface area contributed by atoms with Crippen molar-refractivity contribution in [3.05, 3.63) is 48.0 Å². The van der Waals surface area contributed by atoms with Gasteiger partial charge >= 0.3 is 7.82 Å². The number of rotatable bonds is 5. The van der Waals surface area contributed by atoms with Gasteiger partial charge in [0.05, 0.1) is 19.8 Å². The number of carbonyl (C=O) groups is 1. The first-order chi connectivity index (χ1) is 13.2. The van der Waals surface area contributed by atoms with Crippen molar-refractivity contribution in [3.8, 4) is 11.1 Å². The van der Waals surface area contributed by atoms with E-state index in [4.69, 9.17) is 30.8 Å². The van der Waals surface area contributed by atoms with E-state index in [0.717, 1.165) is 11.1 Å². The largest absolute Gasteiger partial charge is 0.469 e. The Kier molecular flexibility index (Phi) is 10.0. The maximum atomic E-state index is 11.8. The number of ketones is 1. The van der Waals surface area contributed by atoms with Crippen LogP contribution in [-0.2, 0) is 9.09 Å². The summed E-state index contributed by atoms with van der Waals surface area (Å²) < 4.78 is 13.8. The van der Waals surface area contributed by atoms with E-state index in [2.05, 4.69) is 14.5 Å². The number of aliphatic hydroxyl groups is 3. The van der Waals surface area contributed by atoms with Gasteiger partial charge in [0, 0.05) is 30.1 Å². The Morgan fingerprint density at radius 2 is 1.54 bits per heavy atom. The second kappa shape index (κ2) is 11.7. The third-order valence-corrected chi connectivity index (χ3v) is 3.60. The molecule has 12 heteroatoms. The molecule has 3 rings (SSSR count). The van der Waals surface area contributed by atoms with Gasteiger partial charge in [-0.3, -0.25) is 19.3 Å². The van der Waals surface area contributed by atoms with Gasteiger partial charge in [0.15, 0.2) is 0 Å². The first kappa shape index (κ1) is 24.0. The summed E-state index contributed by atoms with van der Waals surface area (Å²) in [6.07, 6.45) is 2.01. The van der Waals surface area contributed by atoms with Gasteiger partial charge in [-0.15, -0.1) is 0 Å². The molecule has 2 aromatic heterocycles. The molecule has 154 valence electrons. The molecule has 1 unspecified atom stereocenters. The Labute approximate surface area is 160 Å². The Morgan fingerprint density at radius 1 is 1.07 bits per heavy atom. The minimum Gasteiger partial charge on any atom is -0.395 e. The lowest BCUT2D eigenvalue weighted by Crippen LogP contribution is -2.18. The molecule has 28 heavy (non-hydrogen) atoms. The summed E-state index contributed by atoms with van der Waals surface area (Å²) in [5.74, 6) is -0.0730. The third-order valence-electron chi connectivity index (χ3n) is 3.11. The Morgan fingerprint density at radius 3 is 1.89 bits per heavy atom. The van der Waals surface area contributed by atoms with E-state index in [1.165, 1.54) is 0 Å². The molecular formula is C16H22N3O8P. The minimum absolute atomic E-state index is 0.0730. The first-order valence-electron chi connectivity index (χ1n) is 8.00. The zero-order valence-corrected chi connectivity index (χ0v) is 15.6. The van der Waals surface area contributed by atoms with E-state index in [0.29, 0.717) is 17.9 Å². The van der Waals surface area contributed by atoms with Gasteiger partial charge in [0.2, 0.25) is 5.78 Å². The van der Waals surface area contributed by atoms with Crippen molar-refractivity contribution in [1.29, 1.82) is 0 Å². The molecule has 1 atom stereocenters. The highest BCUT2D eigenvalue weighted by Crippen LogP contribution is 2.35. The molecule has 0 aromatic carbocycles. The fourth-order valence-corrected chi connectivity index (χ4v) is 2.32. The van der Waals surface area contributed by atoms with Crippen LogP contribution in [0.1, 0.15) is 16.2 Å². The molecule has 0 bridgehead atoms. The molecule has 0 saturated heterocycles. The van der Waals surface area contributed by atoms with Crippen molar-refractivity contribution in [2.24, 2.45) is 5.73 Å². The maximum Gasteiger partial charge on any atom is 0.469 e. The second-order valence-electron chi connectivity index (χ2n) is 5.26. The van der Waals surface area contributed by atoms with Gasteiger partial charge in [-0.25, -0.2) is 4.57 Å². The fourth-order valence-electron chi connectivity index (χ4n) is 1.96. The molecule has 2 aromatic rings.